The quantitative estimate of drug-likeness (QED) is 0.459. The number of nitriles is 1. The highest BCUT2D eigenvalue weighted by Gasteiger charge is 2.21. The van der Waals surface area contributed by atoms with Crippen molar-refractivity contribution < 1.29 is 4.74 Å². The molecule has 1 atom stereocenters. The van der Waals surface area contributed by atoms with E-state index < -0.39 is 0 Å². The van der Waals surface area contributed by atoms with E-state index in [1.807, 2.05) is 26.0 Å². The van der Waals surface area contributed by atoms with E-state index in [1.165, 1.54) is 36.9 Å². The number of nitrogens with one attached hydrogen (secondary N) is 2. The van der Waals surface area contributed by atoms with E-state index in [-0.39, 0.29) is 6.04 Å². The molecule has 0 radical (unpaired) electrons. The molecule has 2 aliphatic rings. The average Bonchev–Trinajstić information content (AvgIpc) is 3.40. The number of hydrogen-bond donors (Lipinski definition) is 2. The van der Waals surface area contributed by atoms with Crippen molar-refractivity contribution in [2.45, 2.75) is 65.1 Å². The highest BCUT2D eigenvalue weighted by atomic mass is 16.5. The molecule has 2 aromatic carbocycles. The van der Waals surface area contributed by atoms with Gasteiger partial charge in [-0.1, -0.05) is 25.0 Å². The van der Waals surface area contributed by atoms with Gasteiger partial charge in [0.2, 0.25) is 0 Å². The van der Waals surface area contributed by atoms with Crippen molar-refractivity contribution in [3.63, 3.8) is 0 Å². The van der Waals surface area contributed by atoms with Gasteiger partial charge in [0, 0.05) is 42.1 Å². The summed E-state index contributed by atoms with van der Waals surface area (Å²) >= 11 is 0. The van der Waals surface area contributed by atoms with Crippen LogP contribution >= 0.6 is 0 Å². The van der Waals surface area contributed by atoms with E-state index >= 15 is 0 Å². The third-order valence-corrected chi connectivity index (χ3v) is 7.72. The van der Waals surface area contributed by atoms with Crippen molar-refractivity contribution in [3.05, 3.63) is 58.3 Å². The first kappa shape index (κ1) is 24.5. The Hall–Kier alpha value is -3.21. The molecule has 2 heterocycles. The zero-order valence-electron chi connectivity index (χ0n) is 21.6. The average molecular weight is 485 g/mol. The normalized spacial score (nSPS) is 17.7. The summed E-state index contributed by atoms with van der Waals surface area (Å²) in [5.41, 5.74) is 6.24. The van der Waals surface area contributed by atoms with Crippen LogP contribution in [0.25, 0.3) is 10.8 Å². The van der Waals surface area contributed by atoms with Gasteiger partial charge in [-0.2, -0.15) is 10.4 Å². The van der Waals surface area contributed by atoms with Crippen LogP contribution in [0.4, 0.5) is 11.5 Å². The predicted molar refractivity (Wildman–Crippen MR) is 144 cm³/mol. The zero-order valence-corrected chi connectivity index (χ0v) is 21.6. The Morgan fingerprint density at radius 1 is 1.11 bits per heavy atom. The van der Waals surface area contributed by atoms with Crippen LogP contribution in [-0.4, -0.2) is 47.4 Å². The van der Waals surface area contributed by atoms with E-state index in [0.717, 1.165) is 66.3 Å². The van der Waals surface area contributed by atoms with E-state index in [4.69, 9.17) is 4.74 Å². The Morgan fingerprint density at radius 2 is 1.89 bits per heavy atom. The molecule has 1 aliphatic carbocycles. The molecule has 0 amide bonds. The smallest absolute Gasteiger partial charge is 0.157 e. The largest absolute Gasteiger partial charge is 0.382 e. The van der Waals surface area contributed by atoms with Crippen molar-refractivity contribution in [3.8, 4) is 6.07 Å². The first-order valence-corrected chi connectivity index (χ1v) is 13.2. The molecule has 7 nitrogen and oxygen atoms in total. The van der Waals surface area contributed by atoms with Gasteiger partial charge in [-0.3, -0.25) is 4.90 Å². The Kier molecular flexibility index (Phi) is 7.35. The molecule has 3 aromatic rings. The summed E-state index contributed by atoms with van der Waals surface area (Å²) in [4.78, 5) is 2.47. The highest BCUT2D eigenvalue weighted by Crippen LogP contribution is 2.34. The van der Waals surface area contributed by atoms with E-state index in [9.17, 15) is 5.26 Å². The molecule has 1 saturated heterocycles. The van der Waals surface area contributed by atoms with Crippen LogP contribution < -0.4 is 10.6 Å². The number of benzene rings is 2. The standard InChI is InChI=1S/C29H36N6O/c1-19-22(17-30)7-6-10-25(19)20(2)31-29-27-16-28(32-24-8-4-5-9-24)23(15-26(27)21(3)33-34-29)18-35-11-13-36-14-12-35/h6-7,10,15-16,20,24,32H,4-5,8-9,11-14,18H2,1-3H3,(H,31,34)/t20-/m1/s1. The number of anilines is 2. The molecule has 7 heteroatoms. The Bertz CT molecular complexity index is 1270. The molecule has 5 rings (SSSR count). The van der Waals surface area contributed by atoms with Crippen LogP contribution in [0.1, 0.15) is 66.6 Å². The molecule has 1 aliphatic heterocycles. The SMILES string of the molecule is Cc1c(C#N)cccc1[C@@H](C)Nc1nnc(C)c2cc(CN3CCOCC3)c(NC3CCCC3)cc12. The third-order valence-electron chi connectivity index (χ3n) is 7.72. The number of aromatic nitrogens is 2. The van der Waals surface area contributed by atoms with Crippen molar-refractivity contribution in [1.29, 1.82) is 5.26 Å². The van der Waals surface area contributed by atoms with Gasteiger partial charge in [-0.15, -0.1) is 5.10 Å². The summed E-state index contributed by atoms with van der Waals surface area (Å²) < 4.78 is 5.58. The van der Waals surface area contributed by atoms with Gasteiger partial charge in [-0.05, 0) is 68.5 Å². The lowest BCUT2D eigenvalue weighted by Gasteiger charge is -2.28. The van der Waals surface area contributed by atoms with Crippen LogP contribution in [-0.2, 0) is 11.3 Å². The fourth-order valence-corrected chi connectivity index (χ4v) is 5.56. The Labute approximate surface area is 213 Å². The van der Waals surface area contributed by atoms with E-state index in [2.05, 4.69) is 56.9 Å². The van der Waals surface area contributed by atoms with Gasteiger partial charge in [0.25, 0.3) is 0 Å². The van der Waals surface area contributed by atoms with Gasteiger partial charge in [0.15, 0.2) is 5.82 Å². The maximum atomic E-state index is 9.47. The van der Waals surface area contributed by atoms with Gasteiger partial charge in [0.05, 0.1) is 36.6 Å². The second-order valence-corrected chi connectivity index (χ2v) is 10.2. The summed E-state index contributed by atoms with van der Waals surface area (Å²) in [7, 11) is 0. The lowest BCUT2D eigenvalue weighted by Crippen LogP contribution is -2.36. The van der Waals surface area contributed by atoms with Crippen molar-refractivity contribution in [2.75, 3.05) is 36.9 Å². The third kappa shape index (κ3) is 5.16. The molecule has 0 unspecified atom stereocenters. The molecule has 36 heavy (non-hydrogen) atoms. The summed E-state index contributed by atoms with van der Waals surface area (Å²) in [5, 5.41) is 28.2. The molecular weight excluding hydrogens is 448 g/mol. The number of morpholine rings is 1. The molecule has 1 aromatic heterocycles. The number of fused-ring (bicyclic) bond motifs is 1. The minimum atomic E-state index is -0.0160. The maximum absolute atomic E-state index is 9.47. The second kappa shape index (κ2) is 10.8. The van der Waals surface area contributed by atoms with Gasteiger partial charge in [-0.25, -0.2) is 0 Å². The van der Waals surface area contributed by atoms with Gasteiger partial charge >= 0.3 is 0 Å². The van der Waals surface area contributed by atoms with Crippen LogP contribution in [0.15, 0.2) is 30.3 Å². The first-order valence-electron chi connectivity index (χ1n) is 13.2. The number of ether oxygens (including phenoxy) is 1. The van der Waals surface area contributed by atoms with Crippen LogP contribution in [0, 0.1) is 25.2 Å². The lowest BCUT2D eigenvalue weighted by molar-refractivity contribution is 0.0343. The molecular formula is C29H36N6O. The van der Waals surface area contributed by atoms with Gasteiger partial charge in [0.1, 0.15) is 0 Å². The van der Waals surface area contributed by atoms with Gasteiger partial charge < -0.3 is 15.4 Å². The highest BCUT2D eigenvalue weighted by molar-refractivity contribution is 5.96. The van der Waals surface area contributed by atoms with E-state index in [1.54, 1.807) is 0 Å². The fourth-order valence-electron chi connectivity index (χ4n) is 5.56. The Morgan fingerprint density at radius 3 is 2.64 bits per heavy atom. The lowest BCUT2D eigenvalue weighted by atomic mass is 9.98. The summed E-state index contributed by atoms with van der Waals surface area (Å²) in [6.07, 6.45) is 5.03. The summed E-state index contributed by atoms with van der Waals surface area (Å²) in [5.74, 6) is 0.775. The van der Waals surface area contributed by atoms with Crippen LogP contribution in [0.3, 0.4) is 0 Å². The molecule has 0 bridgehead atoms. The number of rotatable bonds is 7. The van der Waals surface area contributed by atoms with Crippen molar-refractivity contribution >= 4 is 22.3 Å². The molecule has 2 fully saturated rings. The van der Waals surface area contributed by atoms with Crippen molar-refractivity contribution in [2.24, 2.45) is 0 Å². The van der Waals surface area contributed by atoms with Crippen molar-refractivity contribution in [1.82, 2.24) is 15.1 Å². The summed E-state index contributed by atoms with van der Waals surface area (Å²) in [6, 6.07) is 13.3. The number of hydrogen-bond acceptors (Lipinski definition) is 7. The first-order chi connectivity index (χ1) is 17.5. The minimum Gasteiger partial charge on any atom is -0.382 e. The number of aryl methyl sites for hydroxylation is 1. The molecule has 188 valence electrons. The molecule has 1 saturated carbocycles. The number of nitrogens with zero attached hydrogens (tertiary/aromatic N) is 4. The monoisotopic (exact) mass is 484 g/mol. The predicted octanol–water partition coefficient (Wildman–Crippen LogP) is 5.48. The molecule has 0 spiro atoms. The maximum Gasteiger partial charge on any atom is 0.157 e. The fraction of sp³-hybridized carbons (Fsp3) is 0.483. The minimum absolute atomic E-state index is 0.0160. The van der Waals surface area contributed by atoms with Crippen LogP contribution in [0.5, 0.6) is 0 Å². The zero-order chi connectivity index (χ0) is 25.1. The van der Waals surface area contributed by atoms with Crippen LogP contribution in [0.2, 0.25) is 0 Å². The van der Waals surface area contributed by atoms with E-state index in [0.29, 0.717) is 11.6 Å². The Balaban J connectivity index is 1.52. The topological polar surface area (TPSA) is 86.1 Å². The second-order valence-electron chi connectivity index (χ2n) is 10.2. The summed E-state index contributed by atoms with van der Waals surface area (Å²) in [6.45, 7) is 10.6. The molecule has 2 N–H and O–H groups in total.